The molecule has 0 amide bonds. The molecule has 138 valence electrons. The van der Waals surface area contributed by atoms with E-state index in [1.807, 2.05) is 7.05 Å². The van der Waals surface area contributed by atoms with Gasteiger partial charge in [0.1, 0.15) is 0 Å². The molecule has 0 spiro atoms. The zero-order valence-corrected chi connectivity index (χ0v) is 15.8. The number of rotatable bonds is 7. The first-order valence-electron chi connectivity index (χ1n) is 9.65. The molecule has 0 aromatic carbocycles. The second kappa shape index (κ2) is 10.7. The molecular formula is C19H36N4O. The van der Waals surface area contributed by atoms with E-state index < -0.39 is 0 Å². The van der Waals surface area contributed by atoms with Crippen molar-refractivity contribution < 1.29 is 4.74 Å². The van der Waals surface area contributed by atoms with Gasteiger partial charge in [0, 0.05) is 39.3 Å². The van der Waals surface area contributed by atoms with Gasteiger partial charge in [0.2, 0.25) is 0 Å². The fourth-order valence-electron chi connectivity index (χ4n) is 3.59. The highest BCUT2D eigenvalue weighted by Crippen LogP contribution is 2.19. The zero-order chi connectivity index (χ0) is 17.2. The van der Waals surface area contributed by atoms with Crippen molar-refractivity contribution in [3.63, 3.8) is 0 Å². The number of nitrogens with one attached hydrogen (secondary N) is 2. The maximum absolute atomic E-state index is 5.48. The first-order valence-corrected chi connectivity index (χ1v) is 9.65. The molecule has 0 aromatic rings. The van der Waals surface area contributed by atoms with E-state index >= 15 is 0 Å². The normalized spacial score (nSPS) is 21.5. The summed E-state index contributed by atoms with van der Waals surface area (Å²) in [5, 5.41) is 6.99. The van der Waals surface area contributed by atoms with Gasteiger partial charge in [0.25, 0.3) is 0 Å². The van der Waals surface area contributed by atoms with Crippen LogP contribution in [0.25, 0.3) is 0 Å². The molecule has 5 heteroatoms. The van der Waals surface area contributed by atoms with Gasteiger partial charge in [-0.3, -0.25) is 9.89 Å². The van der Waals surface area contributed by atoms with E-state index in [0.29, 0.717) is 12.0 Å². The van der Waals surface area contributed by atoms with Crippen molar-refractivity contribution in [2.45, 2.75) is 52.0 Å². The number of aliphatic imine (C=N–C) groups is 1. The Labute approximate surface area is 147 Å². The molecule has 1 fully saturated rings. The minimum Gasteiger partial charge on any atom is -0.379 e. The van der Waals surface area contributed by atoms with Crippen LogP contribution in [0, 0.1) is 5.92 Å². The Balaban J connectivity index is 1.73. The standard InChI is InChI=1S/C19H36N4O/c1-16(2)18(23-11-13-24-14-12-23)15-22-19(20-3)21-10-9-17-7-5-4-6-8-17/h7,16,18H,4-6,8-15H2,1-3H3,(H2,20,21,22). The van der Waals surface area contributed by atoms with Crippen LogP contribution < -0.4 is 10.6 Å². The lowest BCUT2D eigenvalue weighted by Gasteiger charge is -2.37. The molecule has 24 heavy (non-hydrogen) atoms. The summed E-state index contributed by atoms with van der Waals surface area (Å²) in [6.45, 7) is 10.3. The summed E-state index contributed by atoms with van der Waals surface area (Å²) < 4.78 is 5.48. The van der Waals surface area contributed by atoms with Gasteiger partial charge >= 0.3 is 0 Å². The van der Waals surface area contributed by atoms with Crippen LogP contribution in [-0.2, 0) is 4.74 Å². The van der Waals surface area contributed by atoms with Crippen molar-refractivity contribution in [3.05, 3.63) is 11.6 Å². The SMILES string of the molecule is CN=C(NCCC1=CCCCC1)NCC(C(C)C)N1CCOCC1. The van der Waals surface area contributed by atoms with Crippen molar-refractivity contribution in [2.75, 3.05) is 46.4 Å². The van der Waals surface area contributed by atoms with Crippen LogP contribution in [0.4, 0.5) is 0 Å². The van der Waals surface area contributed by atoms with E-state index in [0.717, 1.165) is 51.8 Å². The molecule has 1 atom stereocenters. The first-order chi connectivity index (χ1) is 11.7. The van der Waals surface area contributed by atoms with Crippen LogP contribution in [0.5, 0.6) is 0 Å². The van der Waals surface area contributed by atoms with Gasteiger partial charge in [-0.2, -0.15) is 0 Å². The molecule has 1 saturated heterocycles. The minimum absolute atomic E-state index is 0.522. The lowest BCUT2D eigenvalue weighted by molar-refractivity contribution is 0.00752. The Morgan fingerprint density at radius 3 is 2.67 bits per heavy atom. The summed E-state index contributed by atoms with van der Waals surface area (Å²) in [5.74, 6) is 1.53. The molecule has 5 nitrogen and oxygen atoms in total. The summed E-state index contributed by atoms with van der Waals surface area (Å²) in [6.07, 6.45) is 8.82. The average molecular weight is 337 g/mol. The topological polar surface area (TPSA) is 48.9 Å². The summed E-state index contributed by atoms with van der Waals surface area (Å²) >= 11 is 0. The molecule has 1 aliphatic carbocycles. The van der Waals surface area contributed by atoms with Crippen molar-refractivity contribution in [1.82, 2.24) is 15.5 Å². The summed E-state index contributed by atoms with van der Waals surface area (Å²) in [4.78, 5) is 6.92. The van der Waals surface area contributed by atoms with Crippen LogP contribution in [0.15, 0.2) is 16.6 Å². The number of guanidine groups is 1. The summed E-state index contributed by atoms with van der Waals surface area (Å²) in [7, 11) is 1.86. The summed E-state index contributed by atoms with van der Waals surface area (Å²) in [6, 6.07) is 0.522. The molecule has 1 unspecified atom stereocenters. The molecule has 0 aromatic heterocycles. The zero-order valence-electron chi connectivity index (χ0n) is 15.8. The smallest absolute Gasteiger partial charge is 0.191 e. The second-order valence-corrected chi connectivity index (χ2v) is 7.20. The van der Waals surface area contributed by atoms with E-state index in [2.05, 4.69) is 40.4 Å². The monoisotopic (exact) mass is 336 g/mol. The fourth-order valence-corrected chi connectivity index (χ4v) is 3.59. The number of morpholine rings is 1. The Morgan fingerprint density at radius 1 is 1.25 bits per heavy atom. The largest absolute Gasteiger partial charge is 0.379 e. The van der Waals surface area contributed by atoms with E-state index in [9.17, 15) is 0 Å². The first kappa shape index (κ1) is 19.3. The lowest BCUT2D eigenvalue weighted by Crippen LogP contribution is -2.52. The van der Waals surface area contributed by atoms with Crippen LogP contribution in [0.3, 0.4) is 0 Å². The molecule has 1 heterocycles. The van der Waals surface area contributed by atoms with Gasteiger partial charge < -0.3 is 15.4 Å². The Kier molecular flexibility index (Phi) is 8.60. The average Bonchev–Trinajstić information content (AvgIpc) is 2.62. The van der Waals surface area contributed by atoms with Crippen molar-refractivity contribution in [1.29, 1.82) is 0 Å². The van der Waals surface area contributed by atoms with Gasteiger partial charge in [0.05, 0.1) is 13.2 Å². The molecular weight excluding hydrogens is 300 g/mol. The molecule has 2 N–H and O–H groups in total. The number of hydrogen-bond acceptors (Lipinski definition) is 3. The third kappa shape index (κ3) is 6.44. The van der Waals surface area contributed by atoms with Crippen LogP contribution in [0.1, 0.15) is 46.0 Å². The number of nitrogens with zero attached hydrogens (tertiary/aromatic N) is 2. The third-order valence-corrected chi connectivity index (χ3v) is 5.11. The molecule has 2 aliphatic rings. The number of ether oxygens (including phenoxy) is 1. The highest BCUT2D eigenvalue weighted by molar-refractivity contribution is 5.79. The third-order valence-electron chi connectivity index (χ3n) is 5.11. The van der Waals surface area contributed by atoms with Gasteiger partial charge in [-0.25, -0.2) is 0 Å². The van der Waals surface area contributed by atoms with E-state index in [-0.39, 0.29) is 0 Å². The molecule has 0 saturated carbocycles. The Morgan fingerprint density at radius 2 is 2.04 bits per heavy atom. The second-order valence-electron chi connectivity index (χ2n) is 7.20. The van der Waals surface area contributed by atoms with Gasteiger partial charge in [-0.05, 0) is 38.0 Å². The highest BCUT2D eigenvalue weighted by atomic mass is 16.5. The van der Waals surface area contributed by atoms with Crippen molar-refractivity contribution in [3.8, 4) is 0 Å². The van der Waals surface area contributed by atoms with E-state index in [4.69, 9.17) is 4.74 Å². The predicted octanol–water partition coefficient (Wildman–Crippen LogP) is 2.40. The van der Waals surface area contributed by atoms with Gasteiger partial charge in [-0.1, -0.05) is 25.5 Å². The van der Waals surface area contributed by atoms with Gasteiger partial charge in [-0.15, -0.1) is 0 Å². The van der Waals surface area contributed by atoms with Crippen molar-refractivity contribution in [2.24, 2.45) is 10.9 Å². The fraction of sp³-hybridized carbons (Fsp3) is 0.842. The van der Waals surface area contributed by atoms with Crippen LogP contribution >= 0.6 is 0 Å². The Bertz CT molecular complexity index is 414. The van der Waals surface area contributed by atoms with Crippen LogP contribution in [-0.4, -0.2) is 63.3 Å². The maximum atomic E-state index is 5.48. The molecule has 0 bridgehead atoms. The maximum Gasteiger partial charge on any atom is 0.191 e. The number of hydrogen-bond donors (Lipinski definition) is 2. The van der Waals surface area contributed by atoms with Crippen LogP contribution in [0.2, 0.25) is 0 Å². The lowest BCUT2D eigenvalue weighted by atomic mass is 9.97. The molecule has 0 radical (unpaired) electrons. The quantitative estimate of drug-likeness (QED) is 0.426. The van der Waals surface area contributed by atoms with Crippen molar-refractivity contribution >= 4 is 5.96 Å². The van der Waals surface area contributed by atoms with E-state index in [1.165, 1.54) is 25.7 Å². The minimum atomic E-state index is 0.522. The molecule has 2 rings (SSSR count). The predicted molar refractivity (Wildman–Crippen MR) is 102 cm³/mol. The number of allylic oxidation sites excluding steroid dienone is 1. The van der Waals surface area contributed by atoms with Gasteiger partial charge in [0.15, 0.2) is 5.96 Å². The van der Waals surface area contributed by atoms with E-state index in [1.54, 1.807) is 5.57 Å². The Hall–Kier alpha value is -1.07. The summed E-state index contributed by atoms with van der Waals surface area (Å²) in [5.41, 5.74) is 1.61. The molecule has 1 aliphatic heterocycles. The highest BCUT2D eigenvalue weighted by Gasteiger charge is 2.23.